The molecule has 1 amide bonds. The van der Waals surface area contributed by atoms with Gasteiger partial charge in [-0.05, 0) is 13.3 Å². The number of carbonyl (C=O) groups excluding carboxylic acids is 1. The Hall–Kier alpha value is -1.09. The van der Waals surface area contributed by atoms with Crippen LogP contribution in [0, 0.1) is 0 Å². The number of carbonyl (C=O) groups is 2. The van der Waals surface area contributed by atoms with Gasteiger partial charge in [0.25, 0.3) is 0 Å². The van der Waals surface area contributed by atoms with Gasteiger partial charge in [-0.15, -0.1) is 0 Å². The van der Waals surface area contributed by atoms with E-state index in [2.05, 4.69) is 4.99 Å². The Morgan fingerprint density at radius 2 is 2.10 bits per heavy atom. The van der Waals surface area contributed by atoms with Crippen LogP contribution in [0.3, 0.4) is 0 Å². The van der Waals surface area contributed by atoms with Crippen molar-refractivity contribution in [1.82, 2.24) is 4.90 Å². The number of carboxylic acids is 1. The molecule has 0 aliphatic carbocycles. The molecule has 0 bridgehead atoms. The first kappa shape index (κ1) is 16.3. The fraction of sp³-hybridized carbons (Fsp3) is 0.750. The predicted molar refractivity (Wildman–Crippen MR) is 80.1 cm³/mol. The van der Waals surface area contributed by atoms with E-state index in [9.17, 15) is 18.0 Å². The molecule has 0 spiro atoms. The standard InChI is InChI=1S/C12H18N2O5S2/c1-2-14-8-6-21(18,19)7-9(8)20-12(14)13-10(15)4-3-5-11(16)17/h8-9H,2-7H2,1H3,(H,16,17)/t8-,9-/m0/s1. The van der Waals surface area contributed by atoms with Gasteiger partial charge in [0.15, 0.2) is 15.0 Å². The summed E-state index contributed by atoms with van der Waals surface area (Å²) in [6, 6.07) is -0.101. The number of hydrogen-bond donors (Lipinski definition) is 1. The number of aliphatic imine (C=N–C) groups is 1. The van der Waals surface area contributed by atoms with Gasteiger partial charge >= 0.3 is 5.97 Å². The molecular weight excluding hydrogens is 316 g/mol. The molecule has 7 nitrogen and oxygen atoms in total. The van der Waals surface area contributed by atoms with Crippen molar-refractivity contribution in [3.8, 4) is 0 Å². The third-order valence-corrected chi connectivity index (χ3v) is 6.76. The number of nitrogens with zero attached hydrogens (tertiary/aromatic N) is 2. The van der Waals surface area contributed by atoms with E-state index >= 15 is 0 Å². The zero-order valence-electron chi connectivity index (χ0n) is 11.7. The van der Waals surface area contributed by atoms with Gasteiger partial charge in [-0.25, -0.2) is 8.42 Å². The van der Waals surface area contributed by atoms with E-state index in [4.69, 9.17) is 5.11 Å². The van der Waals surface area contributed by atoms with Crippen LogP contribution in [0.15, 0.2) is 4.99 Å². The van der Waals surface area contributed by atoms with Crippen molar-refractivity contribution in [3.63, 3.8) is 0 Å². The minimum Gasteiger partial charge on any atom is -0.481 e. The Kier molecular flexibility index (Phi) is 4.92. The third-order valence-electron chi connectivity index (χ3n) is 3.52. The molecule has 2 aliphatic rings. The molecule has 0 aromatic heterocycles. The highest BCUT2D eigenvalue weighted by Gasteiger charge is 2.48. The average Bonchev–Trinajstić information content (AvgIpc) is 2.79. The predicted octanol–water partition coefficient (Wildman–Crippen LogP) is 0.358. The maximum atomic E-state index is 11.8. The van der Waals surface area contributed by atoms with E-state index in [-0.39, 0.29) is 48.0 Å². The van der Waals surface area contributed by atoms with Crippen molar-refractivity contribution in [2.24, 2.45) is 4.99 Å². The number of carboxylic acid groups (broad SMARTS) is 1. The van der Waals surface area contributed by atoms with Crippen LogP contribution in [-0.2, 0) is 19.4 Å². The molecule has 9 heteroatoms. The monoisotopic (exact) mass is 334 g/mol. The van der Waals surface area contributed by atoms with Crippen LogP contribution in [0.1, 0.15) is 26.2 Å². The molecular formula is C12H18N2O5S2. The van der Waals surface area contributed by atoms with E-state index < -0.39 is 15.8 Å². The largest absolute Gasteiger partial charge is 0.481 e. The quantitative estimate of drug-likeness (QED) is 0.774. The maximum Gasteiger partial charge on any atom is 0.303 e. The van der Waals surface area contributed by atoms with Crippen LogP contribution in [0.4, 0.5) is 0 Å². The van der Waals surface area contributed by atoms with Gasteiger partial charge < -0.3 is 10.0 Å². The molecule has 2 heterocycles. The van der Waals surface area contributed by atoms with Gasteiger partial charge in [0, 0.05) is 24.6 Å². The summed E-state index contributed by atoms with van der Waals surface area (Å²) in [6.07, 6.45) is 0.315. The van der Waals surface area contributed by atoms with Crippen LogP contribution < -0.4 is 0 Å². The summed E-state index contributed by atoms with van der Waals surface area (Å²) in [5, 5.41) is 9.05. The fourth-order valence-corrected chi connectivity index (χ4v) is 6.59. The highest BCUT2D eigenvalue weighted by Crippen LogP contribution is 2.37. The number of aliphatic carboxylic acids is 1. The minimum absolute atomic E-state index is 0.0509. The summed E-state index contributed by atoms with van der Waals surface area (Å²) in [4.78, 5) is 28.1. The first-order valence-electron chi connectivity index (χ1n) is 6.79. The molecule has 0 aromatic rings. The van der Waals surface area contributed by atoms with E-state index in [0.29, 0.717) is 11.7 Å². The second-order valence-electron chi connectivity index (χ2n) is 5.12. The lowest BCUT2D eigenvalue weighted by Crippen LogP contribution is -2.37. The van der Waals surface area contributed by atoms with Crippen LogP contribution in [0.25, 0.3) is 0 Å². The lowest BCUT2D eigenvalue weighted by atomic mass is 10.2. The summed E-state index contributed by atoms with van der Waals surface area (Å²) in [5.41, 5.74) is 0. The maximum absolute atomic E-state index is 11.8. The second kappa shape index (κ2) is 6.35. The van der Waals surface area contributed by atoms with Gasteiger partial charge in [0.1, 0.15) is 0 Å². The topological polar surface area (TPSA) is 104 Å². The molecule has 21 heavy (non-hydrogen) atoms. The molecule has 2 atom stereocenters. The zero-order valence-corrected chi connectivity index (χ0v) is 13.3. The zero-order chi connectivity index (χ0) is 15.6. The Morgan fingerprint density at radius 3 is 2.71 bits per heavy atom. The Labute approximate surface area is 127 Å². The van der Waals surface area contributed by atoms with Crippen molar-refractivity contribution in [2.75, 3.05) is 18.1 Å². The Bertz CT molecular complexity index is 572. The lowest BCUT2D eigenvalue weighted by molar-refractivity contribution is -0.137. The number of amidine groups is 1. The van der Waals surface area contributed by atoms with Gasteiger partial charge in [-0.1, -0.05) is 11.8 Å². The fourth-order valence-electron chi connectivity index (χ4n) is 2.56. The molecule has 0 saturated carbocycles. The molecule has 2 saturated heterocycles. The van der Waals surface area contributed by atoms with Crippen molar-refractivity contribution in [2.45, 2.75) is 37.5 Å². The smallest absolute Gasteiger partial charge is 0.303 e. The SMILES string of the molecule is CCN1C(=NC(=O)CCCC(=O)O)S[C@H]2CS(=O)(=O)C[C@@H]21. The highest BCUT2D eigenvalue weighted by atomic mass is 32.2. The minimum atomic E-state index is -2.99. The molecule has 2 fully saturated rings. The van der Waals surface area contributed by atoms with Crippen molar-refractivity contribution in [3.05, 3.63) is 0 Å². The highest BCUT2D eigenvalue weighted by molar-refractivity contribution is 8.15. The van der Waals surface area contributed by atoms with Crippen LogP contribution in [0.5, 0.6) is 0 Å². The summed E-state index contributed by atoms with van der Waals surface area (Å²) in [7, 11) is -2.99. The molecule has 118 valence electrons. The summed E-state index contributed by atoms with van der Waals surface area (Å²) < 4.78 is 23.3. The number of hydrogen-bond acceptors (Lipinski definition) is 5. The molecule has 0 unspecified atom stereocenters. The second-order valence-corrected chi connectivity index (χ2v) is 8.48. The van der Waals surface area contributed by atoms with Gasteiger partial charge in [-0.3, -0.25) is 9.59 Å². The van der Waals surface area contributed by atoms with Crippen LogP contribution in [0.2, 0.25) is 0 Å². The van der Waals surface area contributed by atoms with E-state index in [1.165, 1.54) is 11.8 Å². The first-order chi connectivity index (χ1) is 9.82. The summed E-state index contributed by atoms with van der Waals surface area (Å²) in [6.45, 7) is 2.50. The normalized spacial score (nSPS) is 28.8. The lowest BCUT2D eigenvalue weighted by Gasteiger charge is -2.22. The van der Waals surface area contributed by atoms with E-state index in [1.807, 2.05) is 11.8 Å². The van der Waals surface area contributed by atoms with Gasteiger partial charge in [0.05, 0.1) is 17.5 Å². The van der Waals surface area contributed by atoms with Crippen molar-refractivity contribution >= 4 is 38.6 Å². The van der Waals surface area contributed by atoms with E-state index in [1.54, 1.807) is 0 Å². The number of amides is 1. The third kappa shape index (κ3) is 3.97. The molecule has 2 aliphatic heterocycles. The molecule has 2 rings (SSSR count). The summed E-state index contributed by atoms with van der Waals surface area (Å²) >= 11 is 1.34. The number of fused-ring (bicyclic) bond motifs is 1. The molecule has 1 N–H and O–H groups in total. The Balaban J connectivity index is 1.99. The van der Waals surface area contributed by atoms with Crippen molar-refractivity contribution < 1.29 is 23.1 Å². The number of thioether (sulfide) groups is 1. The van der Waals surface area contributed by atoms with Crippen molar-refractivity contribution in [1.29, 1.82) is 0 Å². The van der Waals surface area contributed by atoms with Gasteiger partial charge in [0.2, 0.25) is 5.91 Å². The first-order valence-corrected chi connectivity index (χ1v) is 9.49. The Morgan fingerprint density at radius 1 is 1.38 bits per heavy atom. The molecule has 0 aromatic carbocycles. The van der Waals surface area contributed by atoms with Crippen LogP contribution >= 0.6 is 11.8 Å². The van der Waals surface area contributed by atoms with E-state index in [0.717, 1.165) is 0 Å². The number of rotatable bonds is 5. The van der Waals surface area contributed by atoms with Crippen LogP contribution in [-0.4, -0.2) is 64.8 Å². The molecule has 0 radical (unpaired) electrons. The average molecular weight is 334 g/mol. The van der Waals surface area contributed by atoms with Gasteiger partial charge in [-0.2, -0.15) is 4.99 Å². The summed E-state index contributed by atoms with van der Waals surface area (Å²) in [5.74, 6) is -1.03. The number of sulfone groups is 1.